The Kier molecular flexibility index (Phi) is 7.28. The molecule has 1 aromatic carbocycles. The SMILES string of the molecule is O=C(c1nn([C@H]2CCCN(CCC3CCOCC3)C2)c2c1CS(=O)(=O)c1c(F)cccc1-2)N1CCOCC1. The molecule has 206 valence electrons. The van der Waals surface area contributed by atoms with Crippen LogP contribution in [0.3, 0.4) is 0 Å². The molecule has 1 aromatic heterocycles. The van der Waals surface area contributed by atoms with Gasteiger partial charge in [0.25, 0.3) is 5.91 Å². The molecule has 2 aromatic rings. The molecule has 0 aliphatic carbocycles. The van der Waals surface area contributed by atoms with E-state index >= 15 is 0 Å². The first-order chi connectivity index (χ1) is 18.4. The van der Waals surface area contributed by atoms with Gasteiger partial charge in [-0.25, -0.2) is 12.8 Å². The van der Waals surface area contributed by atoms with Crippen LogP contribution in [0.15, 0.2) is 23.1 Å². The van der Waals surface area contributed by atoms with E-state index in [0.717, 1.165) is 65.0 Å². The zero-order valence-electron chi connectivity index (χ0n) is 21.6. The van der Waals surface area contributed by atoms with Gasteiger partial charge in [0, 0.05) is 44.0 Å². The molecule has 6 rings (SSSR count). The van der Waals surface area contributed by atoms with Crippen LogP contribution in [0.2, 0.25) is 0 Å². The Bertz CT molecular complexity index is 1300. The number of nitrogens with zero attached hydrogens (tertiary/aromatic N) is 4. The number of hydrogen-bond donors (Lipinski definition) is 0. The predicted octanol–water partition coefficient (Wildman–Crippen LogP) is 2.90. The van der Waals surface area contributed by atoms with E-state index in [1.165, 1.54) is 12.1 Å². The highest BCUT2D eigenvalue weighted by atomic mass is 32.2. The topological polar surface area (TPSA) is 94.0 Å². The summed E-state index contributed by atoms with van der Waals surface area (Å²) in [6.45, 7) is 6.17. The summed E-state index contributed by atoms with van der Waals surface area (Å²) >= 11 is 0. The maximum Gasteiger partial charge on any atom is 0.274 e. The summed E-state index contributed by atoms with van der Waals surface area (Å²) in [7, 11) is -3.97. The summed E-state index contributed by atoms with van der Waals surface area (Å²) in [6, 6.07) is 4.32. The van der Waals surface area contributed by atoms with E-state index in [1.54, 1.807) is 11.0 Å². The monoisotopic (exact) mass is 546 g/mol. The molecule has 0 spiro atoms. The molecule has 3 fully saturated rings. The normalized spacial score (nSPS) is 24.1. The van der Waals surface area contributed by atoms with Crippen molar-refractivity contribution in [2.45, 2.75) is 48.8 Å². The highest BCUT2D eigenvalue weighted by Gasteiger charge is 2.40. The first-order valence-corrected chi connectivity index (χ1v) is 15.4. The molecule has 1 atom stereocenters. The lowest BCUT2D eigenvalue weighted by Crippen LogP contribution is -2.41. The second kappa shape index (κ2) is 10.7. The van der Waals surface area contributed by atoms with Gasteiger partial charge in [-0.15, -0.1) is 0 Å². The zero-order valence-corrected chi connectivity index (χ0v) is 22.4. The average molecular weight is 547 g/mol. The number of ether oxygens (including phenoxy) is 2. The van der Waals surface area contributed by atoms with E-state index in [1.807, 2.05) is 4.68 Å². The summed E-state index contributed by atoms with van der Waals surface area (Å²) in [5.74, 6) is -0.796. The van der Waals surface area contributed by atoms with Crippen LogP contribution in [0, 0.1) is 11.7 Å². The standard InChI is InChI=1S/C27H35FN4O5S/c28-23-5-1-4-21-25-22(18-38(34,35)26(21)23)24(27(33)31-11-15-37-16-12-31)29-32(25)20-3-2-9-30(17-20)10-6-19-7-13-36-14-8-19/h1,4-5,19-20H,2-3,6-18H2/t20-/m0/s1. The van der Waals surface area contributed by atoms with Crippen LogP contribution >= 0.6 is 0 Å². The smallest absolute Gasteiger partial charge is 0.274 e. The Morgan fingerprint density at radius 1 is 1.05 bits per heavy atom. The van der Waals surface area contributed by atoms with Crippen molar-refractivity contribution in [2.75, 3.05) is 59.2 Å². The molecule has 0 unspecified atom stereocenters. The minimum Gasteiger partial charge on any atom is -0.381 e. The number of halogens is 1. The third-order valence-electron chi connectivity index (χ3n) is 8.40. The molecular weight excluding hydrogens is 511 g/mol. The number of fused-ring (bicyclic) bond motifs is 3. The number of hydrogen-bond acceptors (Lipinski definition) is 7. The summed E-state index contributed by atoms with van der Waals surface area (Å²) < 4.78 is 54.1. The largest absolute Gasteiger partial charge is 0.381 e. The fourth-order valence-electron chi connectivity index (χ4n) is 6.35. The minimum absolute atomic E-state index is 0.0321. The van der Waals surface area contributed by atoms with Gasteiger partial charge < -0.3 is 19.3 Å². The maximum atomic E-state index is 14.9. The summed E-state index contributed by atoms with van der Waals surface area (Å²) in [4.78, 5) is 17.4. The number of benzene rings is 1. The molecule has 0 N–H and O–H groups in total. The van der Waals surface area contributed by atoms with Crippen molar-refractivity contribution in [2.24, 2.45) is 5.92 Å². The van der Waals surface area contributed by atoms with Crippen LogP contribution in [-0.2, 0) is 25.1 Å². The van der Waals surface area contributed by atoms with Gasteiger partial charge >= 0.3 is 0 Å². The molecule has 0 saturated carbocycles. The quantitative estimate of drug-likeness (QED) is 0.569. The summed E-state index contributed by atoms with van der Waals surface area (Å²) in [5, 5.41) is 4.82. The van der Waals surface area contributed by atoms with Crippen LogP contribution in [0.4, 0.5) is 4.39 Å². The molecule has 1 amide bonds. The molecule has 11 heteroatoms. The number of amides is 1. The van der Waals surface area contributed by atoms with Crippen molar-refractivity contribution in [3.63, 3.8) is 0 Å². The van der Waals surface area contributed by atoms with Gasteiger partial charge in [0.05, 0.1) is 30.7 Å². The number of aromatic nitrogens is 2. The van der Waals surface area contributed by atoms with Gasteiger partial charge in [0.2, 0.25) is 0 Å². The van der Waals surface area contributed by atoms with Crippen LogP contribution in [0.5, 0.6) is 0 Å². The molecule has 4 aliphatic rings. The Morgan fingerprint density at radius 2 is 1.82 bits per heavy atom. The van der Waals surface area contributed by atoms with Crippen LogP contribution in [0.25, 0.3) is 11.3 Å². The molecule has 9 nitrogen and oxygen atoms in total. The Balaban J connectivity index is 1.36. The van der Waals surface area contributed by atoms with Crippen LogP contribution in [-0.4, -0.2) is 93.1 Å². The van der Waals surface area contributed by atoms with Gasteiger partial charge in [0.15, 0.2) is 15.5 Å². The molecule has 0 bridgehead atoms. The molecule has 3 saturated heterocycles. The molecule has 0 radical (unpaired) electrons. The lowest BCUT2D eigenvalue weighted by Gasteiger charge is -2.35. The molecular formula is C27H35FN4O5S. The van der Waals surface area contributed by atoms with E-state index in [9.17, 15) is 17.6 Å². The number of carbonyl (C=O) groups excluding carboxylic acids is 1. The van der Waals surface area contributed by atoms with Crippen molar-refractivity contribution < 1.29 is 27.1 Å². The minimum atomic E-state index is -3.97. The lowest BCUT2D eigenvalue weighted by molar-refractivity contribution is 0.0297. The number of carbonyl (C=O) groups is 1. The Morgan fingerprint density at radius 3 is 2.61 bits per heavy atom. The van der Waals surface area contributed by atoms with E-state index in [0.29, 0.717) is 49.0 Å². The Hall–Kier alpha value is -2.34. The predicted molar refractivity (Wildman–Crippen MR) is 138 cm³/mol. The van der Waals surface area contributed by atoms with E-state index in [4.69, 9.17) is 14.6 Å². The van der Waals surface area contributed by atoms with E-state index < -0.39 is 21.4 Å². The fraction of sp³-hybridized carbons (Fsp3) is 0.630. The molecule has 4 aliphatic heterocycles. The highest BCUT2D eigenvalue weighted by Crippen LogP contribution is 2.43. The van der Waals surface area contributed by atoms with Gasteiger partial charge in [-0.05, 0) is 57.2 Å². The second-order valence-corrected chi connectivity index (χ2v) is 12.8. The number of morpholine rings is 1. The fourth-order valence-corrected chi connectivity index (χ4v) is 8.01. The molecule has 5 heterocycles. The second-order valence-electron chi connectivity index (χ2n) is 10.8. The van der Waals surface area contributed by atoms with Crippen LogP contribution in [0.1, 0.15) is 54.2 Å². The first-order valence-electron chi connectivity index (χ1n) is 13.7. The van der Waals surface area contributed by atoms with Crippen molar-refractivity contribution >= 4 is 15.7 Å². The van der Waals surface area contributed by atoms with Gasteiger partial charge in [-0.3, -0.25) is 9.48 Å². The third-order valence-corrected chi connectivity index (χ3v) is 10.1. The lowest BCUT2D eigenvalue weighted by atomic mass is 9.95. The number of sulfone groups is 1. The van der Waals surface area contributed by atoms with Crippen LogP contribution < -0.4 is 0 Å². The third kappa shape index (κ3) is 4.89. The number of rotatable bonds is 5. The zero-order chi connectivity index (χ0) is 26.3. The first kappa shape index (κ1) is 25.9. The Labute approximate surface area is 222 Å². The van der Waals surface area contributed by atoms with Crippen molar-refractivity contribution in [3.05, 3.63) is 35.3 Å². The number of likely N-dealkylation sites (tertiary alicyclic amines) is 1. The van der Waals surface area contributed by atoms with Crippen molar-refractivity contribution in [1.29, 1.82) is 0 Å². The van der Waals surface area contributed by atoms with Crippen molar-refractivity contribution in [3.8, 4) is 11.3 Å². The van der Waals surface area contributed by atoms with Gasteiger partial charge in [0.1, 0.15) is 10.7 Å². The summed E-state index contributed by atoms with van der Waals surface area (Å²) in [6.07, 6.45) is 5.18. The van der Waals surface area contributed by atoms with E-state index in [-0.39, 0.29) is 22.5 Å². The maximum absolute atomic E-state index is 14.9. The van der Waals surface area contributed by atoms with E-state index in [2.05, 4.69) is 4.90 Å². The summed E-state index contributed by atoms with van der Waals surface area (Å²) in [5.41, 5.74) is 1.43. The highest BCUT2D eigenvalue weighted by molar-refractivity contribution is 7.91. The van der Waals surface area contributed by atoms with Gasteiger partial charge in [-0.1, -0.05) is 12.1 Å². The van der Waals surface area contributed by atoms with Crippen molar-refractivity contribution in [1.82, 2.24) is 19.6 Å². The van der Waals surface area contributed by atoms with Gasteiger partial charge in [-0.2, -0.15) is 5.10 Å². The average Bonchev–Trinajstić information content (AvgIpc) is 3.31. The number of piperidine rings is 1. The molecule has 38 heavy (non-hydrogen) atoms.